The molecule has 0 radical (unpaired) electrons. The molecular formula is C50H56N4O10S2. The summed E-state index contributed by atoms with van der Waals surface area (Å²) in [4.78, 5) is 48.1. The Hall–Kier alpha value is -5.88. The number of thiazole rings is 1. The molecule has 0 spiro atoms. The van der Waals surface area contributed by atoms with Gasteiger partial charge in [0, 0.05) is 29.6 Å². The van der Waals surface area contributed by atoms with Crippen LogP contribution in [0.5, 0.6) is 23.0 Å². The van der Waals surface area contributed by atoms with E-state index in [1.165, 1.54) is 4.90 Å². The van der Waals surface area contributed by atoms with Crippen molar-refractivity contribution in [1.29, 1.82) is 0 Å². The van der Waals surface area contributed by atoms with E-state index in [0.29, 0.717) is 37.9 Å². The second-order valence-corrected chi connectivity index (χ2v) is 18.9. The van der Waals surface area contributed by atoms with E-state index in [1.807, 2.05) is 118 Å². The van der Waals surface area contributed by atoms with E-state index in [1.54, 1.807) is 34.8 Å². The monoisotopic (exact) mass is 936 g/mol. The summed E-state index contributed by atoms with van der Waals surface area (Å²) in [7, 11) is 0. The number of amides is 3. The zero-order valence-electron chi connectivity index (χ0n) is 37.5. The van der Waals surface area contributed by atoms with Crippen LogP contribution in [0.15, 0.2) is 103 Å². The van der Waals surface area contributed by atoms with Crippen LogP contribution in [0.3, 0.4) is 0 Å². The van der Waals surface area contributed by atoms with Gasteiger partial charge in [0.1, 0.15) is 42.5 Å². The van der Waals surface area contributed by atoms with E-state index in [4.69, 9.17) is 23.7 Å². The van der Waals surface area contributed by atoms with Crippen molar-refractivity contribution in [2.45, 2.75) is 58.8 Å². The number of rotatable bonds is 21. The molecule has 0 saturated carbocycles. The van der Waals surface area contributed by atoms with Crippen LogP contribution in [0.2, 0.25) is 0 Å². The molecule has 4 aromatic carbocycles. The Morgan fingerprint density at radius 2 is 1.50 bits per heavy atom. The Morgan fingerprint density at radius 3 is 2.18 bits per heavy atom. The molecular weight excluding hydrogens is 881 g/mol. The number of phenols is 1. The predicted molar refractivity (Wildman–Crippen MR) is 255 cm³/mol. The summed E-state index contributed by atoms with van der Waals surface area (Å²) in [5, 5.41) is 27.2. The molecule has 7 rings (SSSR count). The van der Waals surface area contributed by atoms with Crippen LogP contribution in [0.25, 0.3) is 31.0 Å². The largest absolute Gasteiger partial charge is 0.508 e. The van der Waals surface area contributed by atoms with Gasteiger partial charge in [-0.15, -0.1) is 22.7 Å². The lowest BCUT2D eigenvalue weighted by Crippen LogP contribution is -2.58. The Balaban J connectivity index is 0.769. The number of benzene rings is 4. The molecule has 1 fully saturated rings. The first-order chi connectivity index (χ1) is 31.8. The predicted octanol–water partition coefficient (Wildman–Crippen LogP) is 7.74. The van der Waals surface area contributed by atoms with Gasteiger partial charge < -0.3 is 49.4 Å². The van der Waals surface area contributed by atoms with E-state index in [-0.39, 0.29) is 51.0 Å². The SMILES string of the molecule is Cc1ncsc1-c1ccc(CNC(=O)[C@@H]2C[C@@H](O)CN2C(=O)C(NC(=O)COCCOCCOCCOc2ccc(Oc3c(-c4ccccc4)sc4cc(O)ccc34)cc2)C(C)(C)C)cc1. The minimum atomic E-state index is -0.966. The molecule has 2 aromatic heterocycles. The summed E-state index contributed by atoms with van der Waals surface area (Å²) < 4.78 is 29.9. The van der Waals surface area contributed by atoms with Gasteiger partial charge in [0.05, 0.1) is 60.1 Å². The fourth-order valence-electron chi connectivity index (χ4n) is 7.47. The Labute approximate surface area is 392 Å². The van der Waals surface area contributed by atoms with Crippen molar-refractivity contribution < 1.29 is 48.3 Å². The van der Waals surface area contributed by atoms with Crippen LogP contribution in [-0.4, -0.2) is 109 Å². The molecule has 1 saturated heterocycles. The van der Waals surface area contributed by atoms with E-state index in [2.05, 4.69) is 15.6 Å². The maximum absolute atomic E-state index is 13.9. The van der Waals surface area contributed by atoms with E-state index in [9.17, 15) is 24.6 Å². The number of aromatic hydroxyl groups is 1. The number of ether oxygens (including phenoxy) is 5. The van der Waals surface area contributed by atoms with Crippen molar-refractivity contribution in [3.8, 4) is 43.9 Å². The highest BCUT2D eigenvalue weighted by Crippen LogP contribution is 2.47. The van der Waals surface area contributed by atoms with Gasteiger partial charge >= 0.3 is 0 Å². The minimum Gasteiger partial charge on any atom is -0.508 e. The summed E-state index contributed by atoms with van der Waals surface area (Å²) in [6.45, 7) is 9.14. The number of hydrogen-bond donors (Lipinski definition) is 4. The number of fused-ring (bicyclic) bond motifs is 1. The van der Waals surface area contributed by atoms with Crippen LogP contribution < -0.4 is 20.1 Å². The van der Waals surface area contributed by atoms with Crippen LogP contribution in [-0.2, 0) is 35.1 Å². The number of nitrogens with one attached hydrogen (secondary N) is 2. The molecule has 0 aliphatic carbocycles. The third kappa shape index (κ3) is 12.7. The number of nitrogens with zero attached hydrogens (tertiary/aromatic N) is 2. The first-order valence-corrected chi connectivity index (χ1v) is 23.5. The van der Waals surface area contributed by atoms with E-state index in [0.717, 1.165) is 48.0 Å². The maximum atomic E-state index is 13.9. The second kappa shape index (κ2) is 22.5. The normalized spacial score (nSPS) is 15.4. The van der Waals surface area contributed by atoms with Crippen molar-refractivity contribution >= 4 is 50.5 Å². The summed E-state index contributed by atoms with van der Waals surface area (Å²) in [5.41, 5.74) is 5.05. The minimum absolute atomic E-state index is 0.0172. The molecule has 3 amide bonds. The number of hydrogen-bond acceptors (Lipinski definition) is 13. The highest BCUT2D eigenvalue weighted by Gasteiger charge is 2.44. The molecule has 66 heavy (non-hydrogen) atoms. The number of carbonyl (C=O) groups excluding carboxylic acids is 3. The lowest BCUT2D eigenvalue weighted by Gasteiger charge is -2.35. The molecule has 348 valence electrons. The summed E-state index contributed by atoms with van der Waals surface area (Å²) in [6.07, 6.45) is -0.776. The summed E-state index contributed by atoms with van der Waals surface area (Å²) >= 11 is 3.14. The number of phenolic OH excluding ortho intramolecular Hbond substituents is 1. The highest BCUT2D eigenvalue weighted by molar-refractivity contribution is 7.22. The lowest BCUT2D eigenvalue weighted by molar-refractivity contribution is -0.144. The zero-order valence-corrected chi connectivity index (χ0v) is 39.1. The topological polar surface area (TPSA) is 178 Å². The summed E-state index contributed by atoms with van der Waals surface area (Å²) in [6, 6.07) is 28.7. The number of aromatic nitrogens is 1. The van der Waals surface area contributed by atoms with Gasteiger partial charge in [-0.25, -0.2) is 4.98 Å². The quantitative estimate of drug-likeness (QED) is 0.0520. The third-order valence-electron chi connectivity index (χ3n) is 10.9. The number of aryl methyl sites for hydroxylation is 1. The smallest absolute Gasteiger partial charge is 0.246 e. The third-order valence-corrected chi connectivity index (χ3v) is 13.1. The summed E-state index contributed by atoms with van der Waals surface area (Å²) in [5.74, 6) is 0.962. The van der Waals surface area contributed by atoms with Crippen LogP contribution >= 0.6 is 22.7 Å². The molecule has 14 nitrogen and oxygen atoms in total. The molecule has 6 aromatic rings. The van der Waals surface area contributed by atoms with Gasteiger partial charge in [-0.2, -0.15) is 0 Å². The number of β-amino-alcohol motifs (C(OH)–C–C–N with tert-alkyl or cyclic N) is 1. The number of likely N-dealkylation sites (tertiary alicyclic amines) is 1. The van der Waals surface area contributed by atoms with Crippen molar-refractivity contribution in [2.24, 2.45) is 5.41 Å². The Bertz CT molecular complexity index is 2540. The number of aliphatic hydroxyl groups excluding tert-OH is 1. The molecule has 0 bridgehead atoms. The van der Waals surface area contributed by atoms with E-state index >= 15 is 0 Å². The highest BCUT2D eigenvalue weighted by atomic mass is 32.1. The fourth-order valence-corrected chi connectivity index (χ4v) is 9.45. The Morgan fingerprint density at radius 1 is 0.833 bits per heavy atom. The molecule has 1 unspecified atom stereocenters. The standard InChI is InChI=1S/C50H56N4O10S2/c1-32-45(65-31-52-32)35-12-10-33(11-13-35)28-51-48(58)41-26-37(56)29-54(41)49(59)47(50(2,3)4)53-43(57)30-62-23-22-60-20-21-61-24-25-63-38-15-17-39(18-16-38)64-44-40-19-14-36(55)27-42(40)66-46(44)34-8-6-5-7-9-34/h5-19,27,31,37,41,47,55-56H,20-26,28-30H2,1-4H3,(H,51,58)(H,53,57)/t37-,41+,47?/m1/s1. The number of aliphatic hydroxyl groups is 1. The van der Waals surface area contributed by atoms with Gasteiger partial charge in [-0.3, -0.25) is 14.4 Å². The van der Waals surface area contributed by atoms with Crippen LogP contribution in [0.1, 0.15) is 38.4 Å². The van der Waals surface area contributed by atoms with Crippen LogP contribution in [0, 0.1) is 12.3 Å². The molecule has 1 aliphatic heterocycles. The van der Waals surface area contributed by atoms with Gasteiger partial charge in [-0.1, -0.05) is 75.4 Å². The molecule has 3 heterocycles. The average Bonchev–Trinajstić information content (AvgIpc) is 4.03. The van der Waals surface area contributed by atoms with Gasteiger partial charge in [-0.05, 0) is 71.5 Å². The lowest BCUT2D eigenvalue weighted by atomic mass is 9.85. The second-order valence-electron chi connectivity index (χ2n) is 17.0. The zero-order chi connectivity index (χ0) is 46.6. The van der Waals surface area contributed by atoms with Crippen molar-refractivity contribution in [3.63, 3.8) is 0 Å². The average molecular weight is 937 g/mol. The van der Waals surface area contributed by atoms with Crippen molar-refractivity contribution in [3.05, 3.63) is 114 Å². The molecule has 1 aliphatic rings. The van der Waals surface area contributed by atoms with Crippen molar-refractivity contribution in [1.82, 2.24) is 20.5 Å². The van der Waals surface area contributed by atoms with Gasteiger partial charge in [0.25, 0.3) is 0 Å². The fraction of sp³-hybridized carbons (Fsp3) is 0.360. The molecule has 4 N–H and O–H groups in total. The number of carbonyl (C=O) groups is 3. The van der Waals surface area contributed by atoms with Crippen molar-refractivity contribution in [2.75, 3.05) is 52.8 Å². The van der Waals surface area contributed by atoms with Crippen LogP contribution in [0.4, 0.5) is 0 Å². The molecule has 3 atom stereocenters. The maximum Gasteiger partial charge on any atom is 0.246 e. The first-order valence-electron chi connectivity index (χ1n) is 21.8. The van der Waals surface area contributed by atoms with Gasteiger partial charge in [0.15, 0.2) is 5.75 Å². The first kappa shape index (κ1) is 48.1. The van der Waals surface area contributed by atoms with Gasteiger partial charge in [0.2, 0.25) is 17.7 Å². The van der Waals surface area contributed by atoms with E-state index < -0.39 is 35.4 Å². The Kier molecular flexibility index (Phi) is 16.4. The molecule has 16 heteroatoms. The number of thiophene rings is 1.